The van der Waals surface area contributed by atoms with Crippen LogP contribution in [0.1, 0.15) is 37.0 Å². The van der Waals surface area contributed by atoms with Crippen LogP contribution in [-0.4, -0.2) is 48.4 Å². The summed E-state index contributed by atoms with van der Waals surface area (Å²) in [5, 5.41) is 8.27. The fourth-order valence-corrected chi connectivity index (χ4v) is 2.62. The fraction of sp³-hybridized carbons (Fsp3) is 0.500. The van der Waals surface area contributed by atoms with Gasteiger partial charge in [0.05, 0.1) is 0 Å². The van der Waals surface area contributed by atoms with E-state index in [9.17, 15) is 14.4 Å². The van der Waals surface area contributed by atoms with Crippen molar-refractivity contribution in [2.45, 2.75) is 38.8 Å². The van der Waals surface area contributed by atoms with Crippen molar-refractivity contribution in [3.8, 4) is 0 Å². The number of benzene rings is 1. The maximum atomic E-state index is 12.4. The van der Waals surface area contributed by atoms with Crippen molar-refractivity contribution in [1.82, 2.24) is 16.0 Å². The molecular formula is C18H27N3O3S. The molecule has 0 unspecified atom stereocenters. The molecule has 0 saturated carbocycles. The Morgan fingerprint density at radius 2 is 1.76 bits per heavy atom. The molecule has 1 rings (SSSR count). The van der Waals surface area contributed by atoms with Gasteiger partial charge in [-0.1, -0.05) is 18.2 Å². The van der Waals surface area contributed by atoms with Gasteiger partial charge >= 0.3 is 0 Å². The fourth-order valence-electron chi connectivity index (χ4n) is 2.15. The van der Waals surface area contributed by atoms with Crippen LogP contribution in [0.5, 0.6) is 0 Å². The Labute approximate surface area is 153 Å². The number of amides is 3. The number of carbonyl (C=O) groups excluding carboxylic acids is 3. The molecule has 0 aliphatic carbocycles. The molecule has 3 N–H and O–H groups in total. The first-order chi connectivity index (χ1) is 11.9. The molecule has 0 aromatic heterocycles. The van der Waals surface area contributed by atoms with Crippen LogP contribution < -0.4 is 16.0 Å². The van der Waals surface area contributed by atoms with Crippen molar-refractivity contribution < 1.29 is 14.4 Å². The van der Waals surface area contributed by atoms with E-state index in [1.54, 1.807) is 36.0 Å². The number of nitrogens with one attached hydrogen (secondary N) is 3. The van der Waals surface area contributed by atoms with Crippen LogP contribution in [0.15, 0.2) is 30.3 Å². The summed E-state index contributed by atoms with van der Waals surface area (Å²) >= 11 is 1.61. The summed E-state index contributed by atoms with van der Waals surface area (Å²) in [4.78, 5) is 36.2. The van der Waals surface area contributed by atoms with Gasteiger partial charge in [-0.3, -0.25) is 14.4 Å². The van der Waals surface area contributed by atoms with E-state index in [0.29, 0.717) is 12.0 Å². The van der Waals surface area contributed by atoms with Gasteiger partial charge in [0.1, 0.15) is 6.04 Å². The maximum absolute atomic E-state index is 12.4. The lowest BCUT2D eigenvalue weighted by Crippen LogP contribution is -2.47. The van der Waals surface area contributed by atoms with Crippen LogP contribution in [0.25, 0.3) is 0 Å². The number of hydrogen-bond donors (Lipinski definition) is 3. The van der Waals surface area contributed by atoms with Crippen molar-refractivity contribution in [2.75, 3.05) is 18.6 Å². The van der Waals surface area contributed by atoms with E-state index in [0.717, 1.165) is 5.75 Å². The highest BCUT2D eigenvalue weighted by Crippen LogP contribution is 2.04. The third-order valence-corrected chi connectivity index (χ3v) is 4.01. The SMILES string of the molecule is CSCC[C@H](NC(=O)c1ccccc1)C(=O)NCCC(=O)NC(C)C. The summed E-state index contributed by atoms with van der Waals surface area (Å²) in [7, 11) is 0. The Kier molecular flexibility index (Phi) is 9.69. The summed E-state index contributed by atoms with van der Waals surface area (Å²) in [5.41, 5.74) is 0.515. The topological polar surface area (TPSA) is 87.3 Å². The van der Waals surface area contributed by atoms with Crippen LogP contribution in [-0.2, 0) is 9.59 Å². The monoisotopic (exact) mass is 365 g/mol. The van der Waals surface area contributed by atoms with Gasteiger partial charge in [0.2, 0.25) is 11.8 Å². The Bertz CT molecular complexity index is 564. The smallest absolute Gasteiger partial charge is 0.251 e. The molecule has 0 fully saturated rings. The van der Waals surface area contributed by atoms with Crippen molar-refractivity contribution in [1.29, 1.82) is 0 Å². The summed E-state index contributed by atoms with van der Waals surface area (Å²) in [5.74, 6) is 0.0976. The Morgan fingerprint density at radius 1 is 1.08 bits per heavy atom. The summed E-state index contributed by atoms with van der Waals surface area (Å²) in [6.45, 7) is 4.01. The van der Waals surface area contributed by atoms with E-state index in [2.05, 4.69) is 16.0 Å². The second-order valence-electron chi connectivity index (χ2n) is 5.94. The zero-order valence-corrected chi connectivity index (χ0v) is 15.8. The van der Waals surface area contributed by atoms with Gasteiger partial charge in [-0.05, 0) is 44.4 Å². The van der Waals surface area contributed by atoms with Crippen LogP contribution in [0, 0.1) is 0 Å². The van der Waals surface area contributed by atoms with Gasteiger partial charge < -0.3 is 16.0 Å². The minimum Gasteiger partial charge on any atom is -0.354 e. The van der Waals surface area contributed by atoms with E-state index < -0.39 is 6.04 Å². The molecule has 3 amide bonds. The van der Waals surface area contributed by atoms with E-state index in [-0.39, 0.29) is 36.7 Å². The summed E-state index contributed by atoms with van der Waals surface area (Å²) < 4.78 is 0. The molecule has 0 heterocycles. The zero-order valence-electron chi connectivity index (χ0n) is 15.0. The highest BCUT2D eigenvalue weighted by atomic mass is 32.2. The second-order valence-corrected chi connectivity index (χ2v) is 6.92. The zero-order chi connectivity index (χ0) is 18.7. The van der Waals surface area contributed by atoms with Crippen molar-refractivity contribution in [3.05, 3.63) is 35.9 Å². The van der Waals surface area contributed by atoms with Crippen LogP contribution >= 0.6 is 11.8 Å². The second kappa shape index (κ2) is 11.5. The molecule has 0 aliphatic rings. The molecule has 1 aromatic carbocycles. The Morgan fingerprint density at radius 3 is 2.36 bits per heavy atom. The molecule has 0 spiro atoms. The van der Waals surface area contributed by atoms with Gasteiger partial charge in [-0.2, -0.15) is 11.8 Å². The van der Waals surface area contributed by atoms with E-state index in [4.69, 9.17) is 0 Å². The number of carbonyl (C=O) groups is 3. The van der Waals surface area contributed by atoms with Gasteiger partial charge in [-0.15, -0.1) is 0 Å². The van der Waals surface area contributed by atoms with Crippen molar-refractivity contribution in [2.24, 2.45) is 0 Å². The molecule has 6 nitrogen and oxygen atoms in total. The van der Waals surface area contributed by atoms with Gasteiger partial charge in [-0.25, -0.2) is 0 Å². The third-order valence-electron chi connectivity index (χ3n) is 3.37. The van der Waals surface area contributed by atoms with Crippen molar-refractivity contribution in [3.63, 3.8) is 0 Å². The largest absolute Gasteiger partial charge is 0.354 e. The molecule has 0 radical (unpaired) electrons. The van der Waals surface area contributed by atoms with Crippen LogP contribution in [0.2, 0.25) is 0 Å². The minimum absolute atomic E-state index is 0.0719. The average molecular weight is 365 g/mol. The van der Waals surface area contributed by atoms with E-state index in [1.165, 1.54) is 0 Å². The first kappa shape index (κ1) is 21.0. The molecule has 138 valence electrons. The average Bonchev–Trinajstić information content (AvgIpc) is 2.58. The number of thioether (sulfide) groups is 1. The van der Waals surface area contributed by atoms with Gasteiger partial charge in [0.15, 0.2) is 0 Å². The summed E-state index contributed by atoms with van der Waals surface area (Å²) in [6, 6.07) is 8.25. The van der Waals surface area contributed by atoms with Gasteiger partial charge in [0, 0.05) is 24.6 Å². The number of hydrogen-bond acceptors (Lipinski definition) is 4. The lowest BCUT2D eigenvalue weighted by molar-refractivity contribution is -0.123. The lowest BCUT2D eigenvalue weighted by Gasteiger charge is -2.18. The molecule has 7 heteroatoms. The molecule has 1 aromatic rings. The normalized spacial score (nSPS) is 11.7. The highest BCUT2D eigenvalue weighted by molar-refractivity contribution is 7.98. The lowest BCUT2D eigenvalue weighted by atomic mass is 10.1. The quantitative estimate of drug-likeness (QED) is 0.587. The van der Waals surface area contributed by atoms with Crippen molar-refractivity contribution >= 4 is 29.5 Å². The molecule has 0 bridgehead atoms. The highest BCUT2D eigenvalue weighted by Gasteiger charge is 2.21. The molecular weight excluding hydrogens is 338 g/mol. The Balaban J connectivity index is 2.54. The van der Waals surface area contributed by atoms with Crippen LogP contribution in [0.4, 0.5) is 0 Å². The Hall–Kier alpha value is -2.02. The maximum Gasteiger partial charge on any atom is 0.251 e. The predicted molar refractivity (Wildman–Crippen MR) is 102 cm³/mol. The third kappa shape index (κ3) is 8.58. The standard InChI is InChI=1S/C18H27N3O3S/c1-13(2)20-16(22)9-11-19-18(24)15(10-12-25-3)21-17(23)14-7-5-4-6-8-14/h4-8,13,15H,9-12H2,1-3H3,(H,19,24)(H,20,22)(H,21,23)/t15-/m0/s1. The first-order valence-electron chi connectivity index (χ1n) is 8.36. The predicted octanol–water partition coefficient (Wildman–Crippen LogP) is 1.57. The first-order valence-corrected chi connectivity index (χ1v) is 9.75. The minimum atomic E-state index is -0.617. The van der Waals surface area contributed by atoms with E-state index in [1.807, 2.05) is 26.2 Å². The molecule has 25 heavy (non-hydrogen) atoms. The van der Waals surface area contributed by atoms with E-state index >= 15 is 0 Å². The molecule has 0 aliphatic heterocycles. The molecule has 1 atom stereocenters. The van der Waals surface area contributed by atoms with Crippen LogP contribution in [0.3, 0.4) is 0 Å². The number of rotatable bonds is 10. The molecule has 0 saturated heterocycles. The summed E-state index contributed by atoms with van der Waals surface area (Å²) in [6.07, 6.45) is 2.69. The van der Waals surface area contributed by atoms with Gasteiger partial charge in [0.25, 0.3) is 5.91 Å².